The first kappa shape index (κ1) is 17.8. The molecule has 0 heterocycles. The van der Waals surface area contributed by atoms with Crippen LogP contribution in [-0.2, 0) is 0 Å². The second-order valence-electron chi connectivity index (χ2n) is 7.79. The number of amides is 1. The molecular weight excluding hydrogens is 316 g/mol. The van der Waals surface area contributed by atoms with Crippen molar-refractivity contribution in [3.8, 4) is 11.5 Å². The molecule has 0 aromatic heterocycles. The topological polar surface area (TPSA) is 59.9 Å². The van der Waals surface area contributed by atoms with Gasteiger partial charge in [-0.2, -0.15) is 5.10 Å². The zero-order valence-electron chi connectivity index (χ0n) is 15.8. The van der Waals surface area contributed by atoms with E-state index in [9.17, 15) is 4.79 Å². The summed E-state index contributed by atoms with van der Waals surface area (Å²) in [4.78, 5) is 12.5. The fourth-order valence-electron chi connectivity index (χ4n) is 4.36. The Kier molecular flexibility index (Phi) is 4.52. The summed E-state index contributed by atoms with van der Waals surface area (Å²) in [5.41, 5.74) is 4.71. The highest BCUT2D eigenvalue weighted by Crippen LogP contribution is 2.63. The third-order valence-electron chi connectivity index (χ3n) is 6.53. The molecule has 0 saturated heterocycles. The van der Waals surface area contributed by atoms with E-state index >= 15 is 0 Å². The van der Waals surface area contributed by atoms with Crippen molar-refractivity contribution in [2.24, 2.45) is 21.8 Å². The maximum atomic E-state index is 12.5. The monoisotopic (exact) mass is 344 g/mol. The van der Waals surface area contributed by atoms with Gasteiger partial charge in [-0.1, -0.05) is 20.8 Å². The molecule has 2 saturated carbocycles. The van der Waals surface area contributed by atoms with Crippen LogP contribution in [0.15, 0.2) is 23.3 Å². The number of hydrogen-bond donors (Lipinski definition) is 1. The van der Waals surface area contributed by atoms with E-state index in [0.29, 0.717) is 29.6 Å². The van der Waals surface area contributed by atoms with Gasteiger partial charge in [-0.15, -0.1) is 0 Å². The van der Waals surface area contributed by atoms with Crippen molar-refractivity contribution in [3.05, 3.63) is 23.8 Å². The molecule has 2 bridgehead atoms. The molecule has 0 radical (unpaired) electrons. The predicted molar refractivity (Wildman–Crippen MR) is 98.3 cm³/mol. The van der Waals surface area contributed by atoms with Crippen molar-refractivity contribution in [2.45, 2.75) is 47.0 Å². The minimum Gasteiger partial charge on any atom is -0.493 e. The maximum absolute atomic E-state index is 12.5. The molecule has 25 heavy (non-hydrogen) atoms. The van der Waals surface area contributed by atoms with Crippen LogP contribution in [0.3, 0.4) is 0 Å². The number of nitrogens with one attached hydrogen (secondary N) is 1. The highest BCUT2D eigenvalue weighted by Gasteiger charge is 2.60. The molecule has 0 spiro atoms. The number of hydrogen-bond acceptors (Lipinski definition) is 4. The van der Waals surface area contributed by atoms with Crippen molar-refractivity contribution in [1.29, 1.82) is 0 Å². The van der Waals surface area contributed by atoms with Gasteiger partial charge in [0.2, 0.25) is 0 Å². The summed E-state index contributed by atoms with van der Waals surface area (Å²) in [6, 6.07) is 5.18. The van der Waals surface area contributed by atoms with Crippen molar-refractivity contribution in [2.75, 3.05) is 13.7 Å². The van der Waals surface area contributed by atoms with E-state index < -0.39 is 0 Å². The van der Waals surface area contributed by atoms with Crippen LogP contribution in [-0.4, -0.2) is 25.3 Å². The molecule has 2 aliphatic carbocycles. The fraction of sp³-hybridized carbons (Fsp3) is 0.600. The number of hydrazone groups is 1. The molecule has 5 heteroatoms. The number of carbonyl (C=O) groups is 1. The zero-order chi connectivity index (χ0) is 18.2. The Balaban J connectivity index is 1.76. The average molecular weight is 344 g/mol. The molecule has 1 N–H and O–H groups in total. The summed E-state index contributed by atoms with van der Waals surface area (Å²) >= 11 is 0. The molecule has 3 rings (SSSR count). The van der Waals surface area contributed by atoms with Gasteiger partial charge in [-0.05, 0) is 55.7 Å². The maximum Gasteiger partial charge on any atom is 0.271 e. The summed E-state index contributed by atoms with van der Waals surface area (Å²) in [6.45, 7) is 9.39. The highest BCUT2D eigenvalue weighted by molar-refractivity contribution is 5.98. The molecule has 2 atom stereocenters. The molecule has 5 nitrogen and oxygen atoms in total. The molecule has 0 aliphatic heterocycles. The van der Waals surface area contributed by atoms with Gasteiger partial charge >= 0.3 is 0 Å². The number of methoxy groups -OCH3 is 1. The van der Waals surface area contributed by atoms with E-state index in [1.54, 1.807) is 25.3 Å². The lowest BCUT2D eigenvalue weighted by Gasteiger charge is -2.34. The van der Waals surface area contributed by atoms with Crippen molar-refractivity contribution < 1.29 is 14.3 Å². The SMILES string of the molecule is CCOc1ccc(C(=O)N/N=C2/C[C@H]3CC[C@]2(C)C3(C)C)cc1OC. The van der Waals surface area contributed by atoms with Crippen LogP contribution in [0.4, 0.5) is 0 Å². The van der Waals surface area contributed by atoms with Gasteiger partial charge in [0.1, 0.15) is 0 Å². The van der Waals surface area contributed by atoms with E-state index in [-0.39, 0.29) is 16.7 Å². The lowest BCUT2D eigenvalue weighted by Crippen LogP contribution is -2.34. The summed E-state index contributed by atoms with van der Waals surface area (Å²) in [6.07, 6.45) is 3.39. The molecule has 1 aromatic rings. The molecule has 0 unspecified atom stereocenters. The summed E-state index contributed by atoms with van der Waals surface area (Å²) in [5, 5.41) is 4.51. The Hall–Kier alpha value is -2.04. The smallest absolute Gasteiger partial charge is 0.271 e. The van der Waals surface area contributed by atoms with Crippen LogP contribution in [0, 0.1) is 16.7 Å². The third kappa shape index (κ3) is 2.79. The van der Waals surface area contributed by atoms with Crippen LogP contribution >= 0.6 is 0 Å². The third-order valence-corrected chi connectivity index (χ3v) is 6.53. The molecule has 2 aliphatic rings. The Labute approximate surface area is 149 Å². The number of fused-ring (bicyclic) bond motifs is 2. The Bertz CT molecular complexity index is 711. The van der Waals surface area contributed by atoms with Gasteiger partial charge in [0.25, 0.3) is 5.91 Å². The van der Waals surface area contributed by atoms with Crippen LogP contribution in [0.25, 0.3) is 0 Å². The zero-order valence-corrected chi connectivity index (χ0v) is 15.8. The minimum atomic E-state index is -0.224. The van der Waals surface area contributed by atoms with Gasteiger partial charge in [0.15, 0.2) is 11.5 Å². The van der Waals surface area contributed by atoms with Crippen molar-refractivity contribution in [3.63, 3.8) is 0 Å². The first-order chi connectivity index (χ1) is 11.8. The van der Waals surface area contributed by atoms with E-state index in [1.165, 1.54) is 6.42 Å². The Morgan fingerprint density at radius 2 is 2.08 bits per heavy atom. The number of ether oxygens (including phenoxy) is 2. The minimum absolute atomic E-state index is 0.0848. The largest absolute Gasteiger partial charge is 0.493 e. The van der Waals surface area contributed by atoms with Crippen molar-refractivity contribution >= 4 is 11.6 Å². The molecule has 136 valence electrons. The first-order valence-corrected chi connectivity index (χ1v) is 9.01. The van der Waals surface area contributed by atoms with Gasteiger partial charge in [0, 0.05) is 16.7 Å². The van der Waals surface area contributed by atoms with Gasteiger partial charge in [-0.3, -0.25) is 4.79 Å². The van der Waals surface area contributed by atoms with Gasteiger partial charge < -0.3 is 9.47 Å². The number of carbonyl (C=O) groups excluding carboxylic acids is 1. The normalized spacial score (nSPS) is 28.2. The summed E-state index contributed by atoms with van der Waals surface area (Å²) in [5.74, 6) is 1.63. The van der Waals surface area contributed by atoms with E-state index in [4.69, 9.17) is 9.47 Å². The summed E-state index contributed by atoms with van der Waals surface area (Å²) < 4.78 is 10.8. The van der Waals surface area contributed by atoms with Gasteiger partial charge in [0.05, 0.1) is 13.7 Å². The number of nitrogens with zero attached hydrogens (tertiary/aromatic N) is 1. The van der Waals surface area contributed by atoms with Crippen LogP contribution in [0.5, 0.6) is 11.5 Å². The Morgan fingerprint density at radius 3 is 2.64 bits per heavy atom. The molecule has 2 fully saturated rings. The number of benzene rings is 1. The van der Waals surface area contributed by atoms with E-state index in [0.717, 1.165) is 18.6 Å². The average Bonchev–Trinajstić information content (AvgIpc) is 2.93. The first-order valence-electron chi connectivity index (χ1n) is 9.01. The quantitative estimate of drug-likeness (QED) is 0.821. The molecule has 1 aromatic carbocycles. The standard InChI is InChI=1S/C20H28N2O3/c1-6-25-15-8-7-13(11-16(15)24-5)18(23)22-21-17-12-14-9-10-20(17,4)19(14,2)3/h7-8,11,14H,6,9-10,12H2,1-5H3,(H,22,23)/b21-17-/t14-,20+/m1/s1. The number of rotatable bonds is 5. The molecule has 1 amide bonds. The van der Waals surface area contributed by atoms with Crippen LogP contribution in [0.1, 0.15) is 57.3 Å². The summed E-state index contributed by atoms with van der Waals surface area (Å²) in [7, 11) is 1.57. The van der Waals surface area contributed by atoms with Gasteiger partial charge in [-0.25, -0.2) is 5.43 Å². The predicted octanol–water partition coefficient (Wildman–Crippen LogP) is 4.03. The van der Waals surface area contributed by atoms with Crippen LogP contribution < -0.4 is 14.9 Å². The van der Waals surface area contributed by atoms with Crippen LogP contribution in [0.2, 0.25) is 0 Å². The molecular formula is C20H28N2O3. The van der Waals surface area contributed by atoms with E-state index in [1.807, 2.05) is 6.92 Å². The lowest BCUT2D eigenvalue weighted by molar-refractivity contribution is 0.0953. The Morgan fingerprint density at radius 1 is 1.32 bits per heavy atom. The second-order valence-corrected chi connectivity index (χ2v) is 7.79. The fourth-order valence-corrected chi connectivity index (χ4v) is 4.36. The second kappa shape index (κ2) is 6.36. The highest BCUT2D eigenvalue weighted by atomic mass is 16.5. The lowest BCUT2D eigenvalue weighted by atomic mass is 9.70. The van der Waals surface area contributed by atoms with E-state index in [2.05, 4.69) is 31.3 Å². The van der Waals surface area contributed by atoms with Crippen molar-refractivity contribution in [1.82, 2.24) is 5.43 Å².